The molecule has 2 aromatic carbocycles. The van der Waals surface area contributed by atoms with E-state index in [0.29, 0.717) is 24.9 Å². The number of carbonyl (C=O) groups is 1. The second kappa shape index (κ2) is 6.06. The molecule has 19 heavy (non-hydrogen) atoms. The van der Waals surface area contributed by atoms with Gasteiger partial charge in [-0.25, -0.2) is 4.79 Å². The van der Waals surface area contributed by atoms with Gasteiger partial charge in [-0.2, -0.15) is 0 Å². The first-order chi connectivity index (χ1) is 8.97. The van der Waals surface area contributed by atoms with Gasteiger partial charge in [-0.05, 0) is 36.4 Å². The minimum atomic E-state index is -1.04. The molecular formula is C13H7Cl3O2S. The third kappa shape index (κ3) is 3.57. The van der Waals surface area contributed by atoms with E-state index < -0.39 is 5.97 Å². The van der Waals surface area contributed by atoms with Crippen molar-refractivity contribution >= 4 is 52.5 Å². The van der Waals surface area contributed by atoms with Gasteiger partial charge in [0.2, 0.25) is 0 Å². The quantitative estimate of drug-likeness (QED) is 0.806. The smallest absolute Gasteiger partial charge is 0.336 e. The molecule has 0 amide bonds. The number of halogens is 3. The van der Waals surface area contributed by atoms with Crippen molar-refractivity contribution < 1.29 is 9.90 Å². The van der Waals surface area contributed by atoms with Gasteiger partial charge >= 0.3 is 5.97 Å². The molecule has 98 valence electrons. The fraction of sp³-hybridized carbons (Fsp3) is 0. The Hall–Kier alpha value is -0.870. The largest absolute Gasteiger partial charge is 0.478 e. The molecule has 0 aliphatic rings. The van der Waals surface area contributed by atoms with E-state index in [-0.39, 0.29) is 5.56 Å². The molecule has 0 atom stereocenters. The van der Waals surface area contributed by atoms with Gasteiger partial charge in [-0.15, -0.1) is 0 Å². The SMILES string of the molecule is O=C(O)c1cc(Cl)ccc1Sc1cc(Cl)ccc1Cl. The molecule has 2 nitrogen and oxygen atoms in total. The van der Waals surface area contributed by atoms with Gasteiger partial charge in [0, 0.05) is 19.8 Å². The molecule has 0 saturated carbocycles. The summed E-state index contributed by atoms with van der Waals surface area (Å²) in [7, 11) is 0. The van der Waals surface area contributed by atoms with Crippen LogP contribution < -0.4 is 0 Å². The standard InChI is InChI=1S/C13H7Cl3O2S/c14-7-2-4-11(9(5-7)13(17)18)19-12-6-8(15)1-3-10(12)16/h1-6H,(H,17,18). The Morgan fingerprint density at radius 3 is 2.26 bits per heavy atom. The van der Waals surface area contributed by atoms with Crippen LogP contribution in [-0.4, -0.2) is 11.1 Å². The molecule has 0 aliphatic carbocycles. The Balaban J connectivity index is 2.43. The van der Waals surface area contributed by atoms with Crippen molar-refractivity contribution in [1.29, 1.82) is 0 Å². The molecule has 0 unspecified atom stereocenters. The van der Waals surface area contributed by atoms with Crippen molar-refractivity contribution in [3.63, 3.8) is 0 Å². The van der Waals surface area contributed by atoms with E-state index in [0.717, 1.165) is 0 Å². The lowest BCUT2D eigenvalue weighted by Gasteiger charge is -2.08. The normalized spacial score (nSPS) is 10.5. The van der Waals surface area contributed by atoms with Crippen LogP contribution in [0, 0.1) is 0 Å². The Labute approximate surface area is 129 Å². The van der Waals surface area contributed by atoms with Gasteiger partial charge in [0.1, 0.15) is 0 Å². The van der Waals surface area contributed by atoms with Crippen molar-refractivity contribution in [2.45, 2.75) is 9.79 Å². The maximum absolute atomic E-state index is 11.2. The first kappa shape index (κ1) is 14.5. The number of hydrogen-bond donors (Lipinski definition) is 1. The minimum Gasteiger partial charge on any atom is -0.478 e. The van der Waals surface area contributed by atoms with Crippen LogP contribution in [0.15, 0.2) is 46.2 Å². The van der Waals surface area contributed by atoms with Gasteiger partial charge in [0.25, 0.3) is 0 Å². The van der Waals surface area contributed by atoms with Crippen LogP contribution in [0.5, 0.6) is 0 Å². The fourth-order valence-electron chi connectivity index (χ4n) is 1.43. The van der Waals surface area contributed by atoms with E-state index in [1.807, 2.05) is 0 Å². The summed E-state index contributed by atoms with van der Waals surface area (Å²) in [5.41, 5.74) is 0.133. The molecule has 0 aromatic heterocycles. The van der Waals surface area contributed by atoms with Crippen LogP contribution in [0.25, 0.3) is 0 Å². The summed E-state index contributed by atoms with van der Waals surface area (Å²) in [6.45, 7) is 0. The van der Waals surface area contributed by atoms with Gasteiger partial charge in [-0.1, -0.05) is 46.6 Å². The van der Waals surface area contributed by atoms with Crippen molar-refractivity contribution in [2.75, 3.05) is 0 Å². The van der Waals surface area contributed by atoms with E-state index in [1.54, 1.807) is 30.3 Å². The monoisotopic (exact) mass is 332 g/mol. The predicted molar refractivity (Wildman–Crippen MR) is 79.0 cm³/mol. The summed E-state index contributed by atoms with van der Waals surface area (Å²) in [5, 5.41) is 10.6. The Bertz CT molecular complexity index is 644. The number of aromatic carboxylic acids is 1. The Morgan fingerprint density at radius 1 is 0.947 bits per heavy atom. The van der Waals surface area contributed by atoms with E-state index in [1.165, 1.54) is 17.8 Å². The molecule has 0 fully saturated rings. The molecule has 2 rings (SSSR count). The van der Waals surface area contributed by atoms with Crippen LogP contribution in [0.2, 0.25) is 15.1 Å². The molecule has 0 saturated heterocycles. The lowest BCUT2D eigenvalue weighted by Crippen LogP contribution is -1.98. The molecule has 0 spiro atoms. The zero-order valence-corrected chi connectivity index (χ0v) is 12.4. The average Bonchev–Trinajstić information content (AvgIpc) is 2.35. The highest BCUT2D eigenvalue weighted by atomic mass is 35.5. The van der Waals surface area contributed by atoms with Crippen LogP contribution in [0.4, 0.5) is 0 Å². The first-order valence-electron chi connectivity index (χ1n) is 5.13. The Kier molecular flexibility index (Phi) is 4.63. The van der Waals surface area contributed by atoms with Gasteiger partial charge in [0.15, 0.2) is 0 Å². The van der Waals surface area contributed by atoms with E-state index in [4.69, 9.17) is 39.9 Å². The highest BCUT2D eigenvalue weighted by Gasteiger charge is 2.13. The zero-order valence-electron chi connectivity index (χ0n) is 9.36. The molecule has 1 N–H and O–H groups in total. The molecule has 0 aliphatic heterocycles. The second-order valence-electron chi connectivity index (χ2n) is 3.62. The molecule has 0 radical (unpaired) electrons. The summed E-state index contributed by atoms with van der Waals surface area (Å²) in [6, 6.07) is 9.72. The second-order valence-corrected chi connectivity index (χ2v) is 5.99. The topological polar surface area (TPSA) is 37.3 Å². The summed E-state index contributed by atoms with van der Waals surface area (Å²) in [6.07, 6.45) is 0. The Morgan fingerprint density at radius 2 is 1.58 bits per heavy atom. The molecule has 6 heteroatoms. The number of carboxylic acids is 1. The van der Waals surface area contributed by atoms with E-state index in [2.05, 4.69) is 0 Å². The van der Waals surface area contributed by atoms with Gasteiger partial charge < -0.3 is 5.11 Å². The molecule has 2 aromatic rings. The summed E-state index contributed by atoms with van der Waals surface area (Å²) < 4.78 is 0. The predicted octanol–water partition coefficient (Wildman–Crippen LogP) is 5.50. The average molecular weight is 334 g/mol. The van der Waals surface area contributed by atoms with Crippen LogP contribution in [0.1, 0.15) is 10.4 Å². The number of hydrogen-bond acceptors (Lipinski definition) is 2. The highest BCUT2D eigenvalue weighted by molar-refractivity contribution is 7.99. The van der Waals surface area contributed by atoms with Crippen molar-refractivity contribution in [3.8, 4) is 0 Å². The van der Waals surface area contributed by atoms with Crippen molar-refractivity contribution in [2.24, 2.45) is 0 Å². The van der Waals surface area contributed by atoms with E-state index in [9.17, 15) is 4.79 Å². The zero-order chi connectivity index (χ0) is 14.0. The molecule has 0 bridgehead atoms. The van der Waals surface area contributed by atoms with Crippen LogP contribution in [0.3, 0.4) is 0 Å². The minimum absolute atomic E-state index is 0.133. The van der Waals surface area contributed by atoms with Crippen LogP contribution in [-0.2, 0) is 0 Å². The van der Waals surface area contributed by atoms with Gasteiger partial charge in [0.05, 0.1) is 10.6 Å². The first-order valence-corrected chi connectivity index (χ1v) is 7.08. The third-order valence-corrected chi connectivity index (χ3v) is 4.33. The molecule has 0 heterocycles. The van der Waals surface area contributed by atoms with Crippen LogP contribution >= 0.6 is 46.6 Å². The highest BCUT2D eigenvalue weighted by Crippen LogP contribution is 2.37. The maximum Gasteiger partial charge on any atom is 0.336 e. The number of rotatable bonds is 3. The summed E-state index contributed by atoms with van der Waals surface area (Å²) in [4.78, 5) is 12.4. The van der Waals surface area contributed by atoms with Crippen molar-refractivity contribution in [3.05, 3.63) is 57.0 Å². The lowest BCUT2D eigenvalue weighted by molar-refractivity contribution is 0.0693. The summed E-state index contributed by atoms with van der Waals surface area (Å²) in [5.74, 6) is -1.04. The number of benzene rings is 2. The number of carboxylic acid groups (broad SMARTS) is 1. The molecular weight excluding hydrogens is 327 g/mol. The fourth-order valence-corrected chi connectivity index (χ4v) is 3.06. The van der Waals surface area contributed by atoms with Crippen molar-refractivity contribution in [1.82, 2.24) is 0 Å². The third-order valence-electron chi connectivity index (χ3n) is 2.29. The van der Waals surface area contributed by atoms with Gasteiger partial charge in [-0.3, -0.25) is 0 Å². The maximum atomic E-state index is 11.2. The summed E-state index contributed by atoms with van der Waals surface area (Å²) >= 11 is 19.0. The van der Waals surface area contributed by atoms with E-state index >= 15 is 0 Å². The lowest BCUT2D eigenvalue weighted by atomic mass is 10.2.